The van der Waals surface area contributed by atoms with Crippen LogP contribution in [0, 0.1) is 6.92 Å². The van der Waals surface area contributed by atoms with Crippen LogP contribution in [0.25, 0.3) is 0 Å². The Morgan fingerprint density at radius 2 is 2.25 bits per heavy atom. The molecule has 1 aliphatic rings. The van der Waals surface area contributed by atoms with Crippen molar-refractivity contribution in [3.63, 3.8) is 0 Å². The lowest BCUT2D eigenvalue weighted by molar-refractivity contribution is 0.154. The summed E-state index contributed by atoms with van der Waals surface area (Å²) in [5.74, 6) is 0.840. The molecule has 2 N–H and O–H groups in total. The lowest BCUT2D eigenvalue weighted by atomic mass is 10.1. The van der Waals surface area contributed by atoms with Gasteiger partial charge in [-0.25, -0.2) is 4.98 Å². The van der Waals surface area contributed by atoms with Crippen LogP contribution in [0.15, 0.2) is 6.20 Å². The first-order valence-electron chi connectivity index (χ1n) is 6.16. The summed E-state index contributed by atoms with van der Waals surface area (Å²) in [5, 5.41) is 13.3. The zero-order valence-corrected chi connectivity index (χ0v) is 10.1. The lowest BCUT2D eigenvalue weighted by Gasteiger charge is -2.26. The molecule has 0 bridgehead atoms. The summed E-state index contributed by atoms with van der Waals surface area (Å²) in [5.41, 5.74) is 1.00. The van der Waals surface area contributed by atoms with Crippen LogP contribution in [-0.2, 0) is 0 Å². The highest BCUT2D eigenvalue weighted by molar-refractivity contribution is 5.07. The summed E-state index contributed by atoms with van der Waals surface area (Å²) >= 11 is 0. The molecule has 0 radical (unpaired) electrons. The maximum absolute atomic E-state index is 9.96. The van der Waals surface area contributed by atoms with Crippen molar-refractivity contribution >= 4 is 0 Å². The monoisotopic (exact) mass is 223 g/mol. The fourth-order valence-electron chi connectivity index (χ4n) is 2.34. The molecule has 0 aliphatic carbocycles. The second-order valence-electron chi connectivity index (χ2n) is 4.55. The molecule has 0 amide bonds. The van der Waals surface area contributed by atoms with Gasteiger partial charge in [0.15, 0.2) is 0 Å². The fraction of sp³-hybridized carbons (Fsp3) is 0.750. The lowest BCUT2D eigenvalue weighted by Crippen LogP contribution is -2.30. The predicted octanol–water partition coefficient (Wildman–Crippen LogP) is 1.56. The minimum atomic E-state index is -0.427. The van der Waals surface area contributed by atoms with Crippen LogP contribution in [0.2, 0.25) is 0 Å². The van der Waals surface area contributed by atoms with E-state index in [1.807, 2.05) is 13.8 Å². The van der Waals surface area contributed by atoms with Gasteiger partial charge in [-0.2, -0.15) is 0 Å². The van der Waals surface area contributed by atoms with Crippen molar-refractivity contribution in [2.45, 2.75) is 45.3 Å². The van der Waals surface area contributed by atoms with E-state index in [4.69, 9.17) is 0 Å². The average Bonchev–Trinajstić information content (AvgIpc) is 2.71. The van der Waals surface area contributed by atoms with E-state index in [0.29, 0.717) is 6.04 Å². The molecular formula is C12H21N3O. The predicted molar refractivity (Wildman–Crippen MR) is 63.4 cm³/mol. The van der Waals surface area contributed by atoms with Crippen molar-refractivity contribution in [3.8, 4) is 0 Å². The normalized spacial score (nSPS) is 19.9. The third-order valence-electron chi connectivity index (χ3n) is 3.27. The summed E-state index contributed by atoms with van der Waals surface area (Å²) in [4.78, 5) is 4.45. The molecule has 1 saturated heterocycles. The molecule has 2 rings (SSSR count). The van der Waals surface area contributed by atoms with Crippen LogP contribution in [-0.4, -0.2) is 27.7 Å². The van der Waals surface area contributed by atoms with Gasteiger partial charge >= 0.3 is 0 Å². The second kappa shape index (κ2) is 4.97. The molecular weight excluding hydrogens is 202 g/mol. The van der Waals surface area contributed by atoms with Crippen molar-refractivity contribution < 1.29 is 5.11 Å². The minimum absolute atomic E-state index is 0.427. The molecule has 16 heavy (non-hydrogen) atoms. The van der Waals surface area contributed by atoms with Crippen molar-refractivity contribution in [2.24, 2.45) is 0 Å². The van der Waals surface area contributed by atoms with Gasteiger partial charge in [-0.15, -0.1) is 0 Å². The zero-order valence-electron chi connectivity index (χ0n) is 10.1. The number of aliphatic hydroxyl groups excluding tert-OH is 1. The number of rotatable bonds is 3. The SMILES string of the molecule is CCC(O)c1nc(C)cn1C1CCNCC1. The summed E-state index contributed by atoms with van der Waals surface area (Å²) in [6.07, 6.45) is 4.62. The van der Waals surface area contributed by atoms with Gasteiger partial charge in [0, 0.05) is 12.2 Å². The zero-order chi connectivity index (χ0) is 11.5. The van der Waals surface area contributed by atoms with E-state index in [9.17, 15) is 5.11 Å². The van der Waals surface area contributed by atoms with E-state index in [2.05, 4.69) is 21.1 Å². The fourth-order valence-corrected chi connectivity index (χ4v) is 2.34. The first-order chi connectivity index (χ1) is 7.72. The smallest absolute Gasteiger partial charge is 0.138 e. The largest absolute Gasteiger partial charge is 0.385 e. The van der Waals surface area contributed by atoms with Crippen molar-refractivity contribution in [2.75, 3.05) is 13.1 Å². The van der Waals surface area contributed by atoms with Crippen LogP contribution in [0.4, 0.5) is 0 Å². The van der Waals surface area contributed by atoms with Crippen molar-refractivity contribution in [1.82, 2.24) is 14.9 Å². The number of imidazole rings is 1. The Morgan fingerprint density at radius 3 is 2.88 bits per heavy atom. The van der Waals surface area contributed by atoms with Crippen LogP contribution in [0.5, 0.6) is 0 Å². The average molecular weight is 223 g/mol. The van der Waals surface area contributed by atoms with E-state index in [-0.39, 0.29) is 0 Å². The molecule has 90 valence electrons. The Morgan fingerprint density at radius 1 is 1.56 bits per heavy atom. The number of aliphatic hydroxyl groups is 1. The van der Waals surface area contributed by atoms with E-state index in [0.717, 1.165) is 43.9 Å². The quantitative estimate of drug-likeness (QED) is 0.817. The van der Waals surface area contributed by atoms with Gasteiger partial charge in [0.25, 0.3) is 0 Å². The van der Waals surface area contributed by atoms with E-state index in [1.54, 1.807) is 0 Å². The highest BCUT2D eigenvalue weighted by Crippen LogP contribution is 2.25. The summed E-state index contributed by atoms with van der Waals surface area (Å²) in [6.45, 7) is 6.10. The molecule has 0 saturated carbocycles. The summed E-state index contributed by atoms with van der Waals surface area (Å²) in [7, 11) is 0. The Hall–Kier alpha value is -0.870. The Balaban J connectivity index is 2.24. The molecule has 4 nitrogen and oxygen atoms in total. The number of hydrogen-bond acceptors (Lipinski definition) is 3. The molecule has 2 heterocycles. The Kier molecular flexibility index (Phi) is 3.61. The van der Waals surface area contributed by atoms with Gasteiger partial charge in [0.2, 0.25) is 0 Å². The van der Waals surface area contributed by atoms with Gasteiger partial charge in [-0.3, -0.25) is 0 Å². The highest BCUT2D eigenvalue weighted by Gasteiger charge is 2.21. The number of aryl methyl sites for hydroxylation is 1. The molecule has 1 unspecified atom stereocenters. The van der Waals surface area contributed by atoms with E-state index < -0.39 is 6.10 Å². The number of hydrogen-bond donors (Lipinski definition) is 2. The van der Waals surface area contributed by atoms with Gasteiger partial charge in [0.1, 0.15) is 11.9 Å². The Labute approximate surface area is 96.7 Å². The van der Waals surface area contributed by atoms with Crippen LogP contribution in [0.3, 0.4) is 0 Å². The maximum atomic E-state index is 9.96. The number of piperidine rings is 1. The second-order valence-corrected chi connectivity index (χ2v) is 4.55. The van der Waals surface area contributed by atoms with Crippen LogP contribution >= 0.6 is 0 Å². The highest BCUT2D eigenvalue weighted by atomic mass is 16.3. The standard InChI is InChI=1S/C12H21N3O/c1-3-11(16)12-14-9(2)8-15(12)10-4-6-13-7-5-10/h8,10-11,13,16H,3-7H2,1-2H3. The van der Waals surface area contributed by atoms with Gasteiger partial charge in [-0.1, -0.05) is 6.92 Å². The third kappa shape index (κ3) is 2.28. The van der Waals surface area contributed by atoms with Gasteiger partial charge in [0.05, 0.1) is 5.69 Å². The maximum Gasteiger partial charge on any atom is 0.138 e. The third-order valence-corrected chi connectivity index (χ3v) is 3.27. The van der Waals surface area contributed by atoms with E-state index in [1.165, 1.54) is 0 Å². The molecule has 1 aliphatic heterocycles. The molecule has 1 fully saturated rings. The number of aromatic nitrogens is 2. The first-order valence-corrected chi connectivity index (χ1v) is 6.16. The molecule has 1 aromatic heterocycles. The first kappa shape index (κ1) is 11.6. The van der Waals surface area contributed by atoms with Gasteiger partial charge < -0.3 is 15.0 Å². The molecule has 0 aromatic carbocycles. The van der Waals surface area contributed by atoms with Crippen molar-refractivity contribution in [1.29, 1.82) is 0 Å². The Bertz CT molecular complexity index is 342. The van der Waals surface area contributed by atoms with Crippen molar-refractivity contribution in [3.05, 3.63) is 17.7 Å². The van der Waals surface area contributed by atoms with Crippen LogP contribution in [0.1, 0.15) is 49.9 Å². The summed E-state index contributed by atoms with van der Waals surface area (Å²) in [6, 6.07) is 0.499. The topological polar surface area (TPSA) is 50.1 Å². The van der Waals surface area contributed by atoms with Crippen LogP contribution < -0.4 is 5.32 Å². The molecule has 1 aromatic rings. The molecule has 1 atom stereocenters. The van der Waals surface area contributed by atoms with E-state index >= 15 is 0 Å². The molecule has 4 heteroatoms. The number of nitrogens with zero attached hydrogens (tertiary/aromatic N) is 2. The molecule has 0 spiro atoms. The summed E-state index contributed by atoms with van der Waals surface area (Å²) < 4.78 is 2.18. The number of nitrogens with one attached hydrogen (secondary N) is 1. The minimum Gasteiger partial charge on any atom is -0.385 e. The van der Waals surface area contributed by atoms with Gasteiger partial charge in [-0.05, 0) is 39.3 Å².